The summed E-state index contributed by atoms with van der Waals surface area (Å²) in [6.45, 7) is 5.65. The van der Waals surface area contributed by atoms with Crippen LogP contribution in [0.2, 0.25) is 5.02 Å². The quantitative estimate of drug-likeness (QED) is 0.584. The number of rotatable bonds is 6. The fraction of sp³-hybridized carbons (Fsp3) is 0.300. The van der Waals surface area contributed by atoms with Gasteiger partial charge in [-0.05, 0) is 56.3 Å². The van der Waals surface area contributed by atoms with Crippen LogP contribution in [0.3, 0.4) is 0 Å². The van der Waals surface area contributed by atoms with Gasteiger partial charge in [0.1, 0.15) is 11.6 Å². The Labute approximate surface area is 173 Å². The summed E-state index contributed by atoms with van der Waals surface area (Å²) in [6, 6.07) is 8.73. The summed E-state index contributed by atoms with van der Waals surface area (Å²) < 4.78 is 42.3. The van der Waals surface area contributed by atoms with Gasteiger partial charge in [-0.1, -0.05) is 18.5 Å². The van der Waals surface area contributed by atoms with Crippen LogP contribution in [-0.4, -0.2) is 28.8 Å². The molecule has 1 atom stereocenters. The van der Waals surface area contributed by atoms with Gasteiger partial charge in [0.15, 0.2) is 0 Å². The third kappa shape index (κ3) is 3.92. The zero-order valence-electron chi connectivity index (χ0n) is 16.3. The normalized spacial score (nSPS) is 13.2. The fourth-order valence-electron chi connectivity index (χ4n) is 3.36. The maximum absolute atomic E-state index is 13.2. The van der Waals surface area contributed by atoms with Gasteiger partial charge in [-0.3, -0.25) is 9.36 Å². The third-order valence-corrected chi connectivity index (χ3v) is 7.10. The SMILES string of the molecule is CCN(C(C)c1nc2cc(Cl)ccc2c(=O)n1CC)S(=O)(=O)c1ccc(F)cc1. The van der Waals surface area contributed by atoms with Gasteiger partial charge < -0.3 is 0 Å². The maximum Gasteiger partial charge on any atom is 0.261 e. The van der Waals surface area contributed by atoms with Crippen LogP contribution in [0, 0.1) is 5.82 Å². The molecule has 0 aliphatic carbocycles. The molecule has 0 aliphatic rings. The molecule has 1 heterocycles. The average Bonchev–Trinajstić information content (AvgIpc) is 2.68. The van der Waals surface area contributed by atoms with Crippen molar-refractivity contribution in [3.63, 3.8) is 0 Å². The summed E-state index contributed by atoms with van der Waals surface area (Å²) >= 11 is 6.05. The highest BCUT2D eigenvalue weighted by atomic mass is 35.5. The van der Waals surface area contributed by atoms with Crippen molar-refractivity contribution in [3.8, 4) is 0 Å². The molecular formula is C20H21ClFN3O3S. The number of benzene rings is 2. The Morgan fingerprint density at radius 2 is 1.83 bits per heavy atom. The van der Waals surface area contributed by atoms with Crippen LogP contribution in [-0.2, 0) is 16.6 Å². The van der Waals surface area contributed by atoms with Crippen molar-refractivity contribution in [2.75, 3.05) is 6.54 Å². The van der Waals surface area contributed by atoms with E-state index in [2.05, 4.69) is 4.98 Å². The Hall–Kier alpha value is -2.29. The molecule has 0 spiro atoms. The van der Waals surface area contributed by atoms with Gasteiger partial charge in [0, 0.05) is 18.1 Å². The lowest BCUT2D eigenvalue weighted by molar-refractivity contribution is 0.334. The molecule has 3 rings (SSSR count). The molecule has 0 saturated carbocycles. The molecule has 29 heavy (non-hydrogen) atoms. The molecule has 2 aromatic carbocycles. The van der Waals surface area contributed by atoms with E-state index in [9.17, 15) is 17.6 Å². The molecule has 0 radical (unpaired) electrons. The van der Waals surface area contributed by atoms with E-state index >= 15 is 0 Å². The predicted molar refractivity (Wildman–Crippen MR) is 111 cm³/mol. The highest BCUT2D eigenvalue weighted by Crippen LogP contribution is 2.27. The van der Waals surface area contributed by atoms with Gasteiger partial charge in [-0.25, -0.2) is 17.8 Å². The minimum atomic E-state index is -3.93. The van der Waals surface area contributed by atoms with Gasteiger partial charge in [0.05, 0.1) is 21.8 Å². The van der Waals surface area contributed by atoms with Crippen LogP contribution < -0.4 is 5.56 Å². The number of hydrogen-bond acceptors (Lipinski definition) is 4. The molecule has 6 nitrogen and oxygen atoms in total. The summed E-state index contributed by atoms with van der Waals surface area (Å²) in [6.07, 6.45) is 0. The number of sulfonamides is 1. The monoisotopic (exact) mass is 437 g/mol. The minimum absolute atomic E-state index is 0.0261. The Morgan fingerprint density at radius 1 is 1.17 bits per heavy atom. The van der Waals surface area contributed by atoms with Crippen molar-refractivity contribution in [2.24, 2.45) is 0 Å². The van der Waals surface area contributed by atoms with Gasteiger partial charge in [0.2, 0.25) is 10.0 Å². The molecule has 0 saturated heterocycles. The van der Waals surface area contributed by atoms with Crippen LogP contribution in [0.5, 0.6) is 0 Å². The molecule has 3 aromatic rings. The first-order chi connectivity index (χ1) is 13.7. The van der Waals surface area contributed by atoms with E-state index in [0.717, 1.165) is 12.1 Å². The minimum Gasteiger partial charge on any atom is -0.295 e. The zero-order valence-corrected chi connectivity index (χ0v) is 17.8. The highest BCUT2D eigenvalue weighted by molar-refractivity contribution is 7.89. The van der Waals surface area contributed by atoms with Crippen LogP contribution in [0.15, 0.2) is 52.2 Å². The first-order valence-electron chi connectivity index (χ1n) is 9.18. The molecule has 0 amide bonds. The second-order valence-corrected chi connectivity index (χ2v) is 8.85. The Balaban J connectivity index is 2.17. The number of aromatic nitrogens is 2. The summed E-state index contributed by atoms with van der Waals surface area (Å²) in [5.41, 5.74) is 0.149. The standard InChI is InChI=1S/C20H21ClFN3O3S/c1-4-24-19(23-18-12-14(21)6-11-17(18)20(24)26)13(3)25(5-2)29(27,28)16-9-7-15(22)8-10-16/h6-13H,4-5H2,1-3H3. The van der Waals surface area contributed by atoms with Crippen LogP contribution in [0.1, 0.15) is 32.6 Å². The smallest absolute Gasteiger partial charge is 0.261 e. The molecule has 1 unspecified atom stereocenters. The average molecular weight is 438 g/mol. The molecule has 0 aliphatic heterocycles. The van der Waals surface area contributed by atoms with Crippen molar-refractivity contribution in [1.82, 2.24) is 13.9 Å². The summed E-state index contributed by atoms with van der Waals surface area (Å²) in [5, 5.41) is 0.847. The first kappa shape index (κ1) is 21.4. The van der Waals surface area contributed by atoms with E-state index in [4.69, 9.17) is 11.6 Å². The van der Waals surface area contributed by atoms with E-state index in [1.165, 1.54) is 21.0 Å². The van der Waals surface area contributed by atoms with E-state index < -0.39 is 21.9 Å². The highest BCUT2D eigenvalue weighted by Gasteiger charge is 2.31. The predicted octanol–water partition coefficient (Wildman–Crippen LogP) is 3.98. The number of halogens is 2. The van der Waals surface area contributed by atoms with Gasteiger partial charge in [0.25, 0.3) is 5.56 Å². The van der Waals surface area contributed by atoms with Gasteiger partial charge in [-0.2, -0.15) is 4.31 Å². The lowest BCUT2D eigenvalue weighted by Crippen LogP contribution is -2.37. The molecule has 154 valence electrons. The largest absolute Gasteiger partial charge is 0.295 e. The number of fused-ring (bicyclic) bond motifs is 1. The topological polar surface area (TPSA) is 72.3 Å². The van der Waals surface area contributed by atoms with Gasteiger partial charge >= 0.3 is 0 Å². The second kappa shape index (κ2) is 8.22. The van der Waals surface area contributed by atoms with Gasteiger partial charge in [-0.15, -0.1) is 0 Å². The molecule has 0 N–H and O–H groups in total. The van der Waals surface area contributed by atoms with E-state index in [1.54, 1.807) is 39.0 Å². The van der Waals surface area contributed by atoms with Crippen molar-refractivity contribution < 1.29 is 12.8 Å². The van der Waals surface area contributed by atoms with Crippen molar-refractivity contribution >= 4 is 32.5 Å². The lowest BCUT2D eigenvalue weighted by Gasteiger charge is -2.28. The molecule has 9 heteroatoms. The van der Waals surface area contributed by atoms with E-state index in [1.807, 2.05) is 0 Å². The Bertz CT molecular complexity index is 1210. The van der Waals surface area contributed by atoms with E-state index in [-0.39, 0.29) is 17.0 Å². The Morgan fingerprint density at radius 3 is 2.41 bits per heavy atom. The number of nitrogens with zero attached hydrogens (tertiary/aromatic N) is 3. The van der Waals surface area contributed by atoms with E-state index in [0.29, 0.717) is 28.3 Å². The second-order valence-electron chi connectivity index (χ2n) is 6.52. The summed E-state index contributed by atoms with van der Waals surface area (Å²) in [5.74, 6) is -0.201. The maximum atomic E-state index is 13.2. The lowest BCUT2D eigenvalue weighted by atomic mass is 10.2. The van der Waals surface area contributed by atoms with Crippen molar-refractivity contribution in [2.45, 2.75) is 38.3 Å². The van der Waals surface area contributed by atoms with Crippen molar-refractivity contribution in [3.05, 3.63) is 69.5 Å². The molecular weight excluding hydrogens is 417 g/mol. The van der Waals surface area contributed by atoms with Crippen LogP contribution >= 0.6 is 11.6 Å². The third-order valence-electron chi connectivity index (χ3n) is 4.80. The Kier molecular flexibility index (Phi) is 6.07. The zero-order chi connectivity index (χ0) is 21.3. The molecule has 0 bridgehead atoms. The van der Waals surface area contributed by atoms with Crippen LogP contribution in [0.4, 0.5) is 4.39 Å². The molecule has 1 aromatic heterocycles. The van der Waals surface area contributed by atoms with Crippen molar-refractivity contribution in [1.29, 1.82) is 0 Å². The summed E-state index contributed by atoms with van der Waals surface area (Å²) in [7, 11) is -3.93. The molecule has 0 fully saturated rings. The first-order valence-corrected chi connectivity index (χ1v) is 11.0. The summed E-state index contributed by atoms with van der Waals surface area (Å²) in [4.78, 5) is 17.5. The van der Waals surface area contributed by atoms with Crippen LogP contribution in [0.25, 0.3) is 10.9 Å². The number of hydrogen-bond donors (Lipinski definition) is 0. The fourth-order valence-corrected chi connectivity index (χ4v) is 5.13.